The van der Waals surface area contributed by atoms with Crippen LogP contribution in [0.4, 0.5) is 0 Å². The monoisotopic (exact) mass is 449 g/mol. The summed E-state index contributed by atoms with van der Waals surface area (Å²) in [7, 11) is -3.69. The van der Waals surface area contributed by atoms with Gasteiger partial charge in [0.2, 0.25) is 10.0 Å². The number of thiazole rings is 1. The number of nitrogens with zero attached hydrogens (tertiary/aromatic N) is 3. The van der Waals surface area contributed by atoms with Gasteiger partial charge in [0.25, 0.3) is 5.91 Å². The van der Waals surface area contributed by atoms with E-state index in [4.69, 9.17) is 4.74 Å². The van der Waals surface area contributed by atoms with E-state index >= 15 is 0 Å². The number of carbonyl (C=O) groups is 1. The Kier molecular flexibility index (Phi) is 6.24. The number of rotatable bonds is 4. The summed E-state index contributed by atoms with van der Waals surface area (Å²) in [6.07, 6.45) is 3.40. The van der Waals surface area contributed by atoms with Crippen LogP contribution in [-0.4, -0.2) is 66.9 Å². The molecule has 0 saturated carbocycles. The van der Waals surface area contributed by atoms with Crippen molar-refractivity contribution in [2.45, 2.75) is 49.7 Å². The molecular weight excluding hydrogens is 422 g/mol. The second kappa shape index (κ2) is 8.74. The van der Waals surface area contributed by atoms with E-state index in [1.165, 1.54) is 10.4 Å². The Morgan fingerprint density at radius 3 is 2.67 bits per heavy atom. The Labute approximate surface area is 181 Å². The van der Waals surface area contributed by atoms with Crippen LogP contribution in [0.2, 0.25) is 0 Å². The third-order valence-electron chi connectivity index (χ3n) is 5.61. The zero-order valence-electron chi connectivity index (χ0n) is 17.2. The SMILES string of the molecule is CC1CN(S(=O)(=O)c2cccc(C(=O)N3CCCC(c4nccs4)C3)c2)CC(C)O1. The van der Waals surface area contributed by atoms with E-state index < -0.39 is 10.0 Å². The second-order valence-electron chi connectivity index (χ2n) is 8.07. The molecule has 7 nitrogen and oxygen atoms in total. The minimum Gasteiger partial charge on any atom is -0.373 e. The molecule has 9 heteroatoms. The lowest BCUT2D eigenvalue weighted by molar-refractivity contribution is -0.0440. The summed E-state index contributed by atoms with van der Waals surface area (Å²) in [6, 6.07) is 6.41. The molecule has 1 aromatic heterocycles. The largest absolute Gasteiger partial charge is 0.373 e. The van der Waals surface area contributed by atoms with E-state index in [0.717, 1.165) is 17.8 Å². The van der Waals surface area contributed by atoms with Gasteiger partial charge in [-0.15, -0.1) is 11.3 Å². The third kappa shape index (κ3) is 4.44. The first-order valence-corrected chi connectivity index (χ1v) is 12.6. The molecule has 0 N–H and O–H groups in total. The second-order valence-corrected chi connectivity index (χ2v) is 10.9. The first-order valence-electron chi connectivity index (χ1n) is 10.3. The number of hydrogen-bond donors (Lipinski definition) is 0. The molecule has 0 radical (unpaired) electrons. The van der Waals surface area contributed by atoms with Crippen LogP contribution in [0.25, 0.3) is 0 Å². The van der Waals surface area contributed by atoms with Crippen LogP contribution in [0.3, 0.4) is 0 Å². The van der Waals surface area contributed by atoms with Crippen molar-refractivity contribution >= 4 is 27.3 Å². The first-order chi connectivity index (χ1) is 14.3. The maximum absolute atomic E-state index is 13.2. The van der Waals surface area contributed by atoms with Crippen molar-refractivity contribution in [3.63, 3.8) is 0 Å². The molecule has 3 atom stereocenters. The number of morpholine rings is 1. The molecule has 2 aliphatic heterocycles. The van der Waals surface area contributed by atoms with Crippen LogP contribution in [0, 0.1) is 0 Å². The summed E-state index contributed by atoms with van der Waals surface area (Å²) in [4.78, 5) is 19.5. The number of ether oxygens (including phenoxy) is 1. The Bertz CT molecular complexity index is 983. The van der Waals surface area contributed by atoms with Crippen LogP contribution in [0.5, 0.6) is 0 Å². The first kappa shape index (κ1) is 21.4. The quantitative estimate of drug-likeness (QED) is 0.717. The lowest BCUT2D eigenvalue weighted by Gasteiger charge is -2.34. The van der Waals surface area contributed by atoms with E-state index in [1.54, 1.807) is 35.7 Å². The molecule has 1 amide bonds. The number of likely N-dealkylation sites (tertiary alicyclic amines) is 1. The van der Waals surface area contributed by atoms with Crippen LogP contribution in [0.1, 0.15) is 48.0 Å². The molecule has 162 valence electrons. The lowest BCUT2D eigenvalue weighted by Crippen LogP contribution is -2.48. The van der Waals surface area contributed by atoms with E-state index in [2.05, 4.69) is 4.98 Å². The average Bonchev–Trinajstić information content (AvgIpc) is 3.28. The maximum atomic E-state index is 13.2. The lowest BCUT2D eigenvalue weighted by atomic mass is 9.98. The smallest absolute Gasteiger partial charge is 0.253 e. The zero-order chi connectivity index (χ0) is 21.3. The molecule has 3 unspecified atom stereocenters. The normalized spacial score (nSPS) is 25.9. The molecule has 0 bridgehead atoms. The van der Waals surface area contributed by atoms with Crippen LogP contribution < -0.4 is 0 Å². The van der Waals surface area contributed by atoms with Crippen LogP contribution >= 0.6 is 11.3 Å². The molecule has 3 heterocycles. The topological polar surface area (TPSA) is 79.8 Å². The van der Waals surface area contributed by atoms with Gasteiger partial charge < -0.3 is 9.64 Å². The highest BCUT2D eigenvalue weighted by Gasteiger charge is 2.33. The summed E-state index contributed by atoms with van der Waals surface area (Å²) in [5, 5.41) is 3.01. The summed E-state index contributed by atoms with van der Waals surface area (Å²) >= 11 is 1.62. The molecular formula is C21H27N3O4S2. The standard InChI is InChI=1S/C21H27N3O4S2/c1-15-12-24(13-16(2)28-15)30(26,27)19-7-3-5-17(11-19)21(25)23-9-4-6-18(14-23)20-22-8-10-29-20/h3,5,7-8,10-11,15-16,18H,4,6,9,12-14H2,1-2H3. The van der Waals surface area contributed by atoms with Crippen LogP contribution in [-0.2, 0) is 14.8 Å². The summed E-state index contributed by atoms with van der Waals surface area (Å²) < 4.78 is 33.5. The highest BCUT2D eigenvalue weighted by molar-refractivity contribution is 7.89. The number of hydrogen-bond acceptors (Lipinski definition) is 6. The average molecular weight is 450 g/mol. The molecule has 0 aliphatic carbocycles. The Balaban J connectivity index is 1.53. The van der Waals surface area contributed by atoms with Crippen molar-refractivity contribution in [2.24, 2.45) is 0 Å². The van der Waals surface area contributed by atoms with Crippen molar-refractivity contribution in [3.05, 3.63) is 46.4 Å². The Hall–Kier alpha value is -1.81. The highest BCUT2D eigenvalue weighted by Crippen LogP contribution is 2.29. The fourth-order valence-corrected chi connectivity index (χ4v) is 6.65. The number of sulfonamides is 1. The van der Waals surface area contributed by atoms with Crippen molar-refractivity contribution < 1.29 is 17.9 Å². The maximum Gasteiger partial charge on any atom is 0.253 e. The van der Waals surface area contributed by atoms with Gasteiger partial charge in [-0.3, -0.25) is 4.79 Å². The van der Waals surface area contributed by atoms with Gasteiger partial charge in [-0.1, -0.05) is 6.07 Å². The number of carbonyl (C=O) groups excluding carboxylic acids is 1. The van der Waals surface area contributed by atoms with E-state index in [1.807, 2.05) is 24.1 Å². The summed E-state index contributed by atoms with van der Waals surface area (Å²) in [5.41, 5.74) is 0.408. The van der Waals surface area contributed by atoms with Gasteiger partial charge in [0.1, 0.15) is 0 Å². The number of benzene rings is 1. The van der Waals surface area contributed by atoms with Crippen molar-refractivity contribution in [1.82, 2.24) is 14.2 Å². The van der Waals surface area contributed by atoms with Crippen molar-refractivity contribution in [2.75, 3.05) is 26.2 Å². The van der Waals surface area contributed by atoms with Gasteiger partial charge in [-0.2, -0.15) is 4.31 Å². The Morgan fingerprint density at radius 2 is 1.97 bits per heavy atom. The van der Waals surface area contributed by atoms with Gasteiger partial charge in [0.05, 0.1) is 22.1 Å². The number of piperidine rings is 1. The van der Waals surface area contributed by atoms with Crippen LogP contribution in [0.15, 0.2) is 40.7 Å². The number of aromatic nitrogens is 1. The zero-order valence-corrected chi connectivity index (χ0v) is 18.9. The van der Waals surface area contributed by atoms with E-state index in [9.17, 15) is 13.2 Å². The fraction of sp³-hybridized carbons (Fsp3) is 0.524. The minimum absolute atomic E-state index is 0.128. The van der Waals surface area contributed by atoms with E-state index in [0.29, 0.717) is 31.7 Å². The van der Waals surface area contributed by atoms with E-state index in [-0.39, 0.29) is 28.9 Å². The van der Waals surface area contributed by atoms with Gasteiger partial charge in [0.15, 0.2) is 0 Å². The molecule has 30 heavy (non-hydrogen) atoms. The molecule has 2 aromatic rings. The van der Waals surface area contributed by atoms with Gasteiger partial charge in [0, 0.05) is 49.2 Å². The highest BCUT2D eigenvalue weighted by atomic mass is 32.2. The third-order valence-corrected chi connectivity index (χ3v) is 8.38. The molecule has 0 spiro atoms. The predicted molar refractivity (Wildman–Crippen MR) is 115 cm³/mol. The van der Waals surface area contributed by atoms with Gasteiger partial charge in [-0.25, -0.2) is 13.4 Å². The molecule has 1 aromatic carbocycles. The molecule has 4 rings (SSSR count). The van der Waals surface area contributed by atoms with Crippen molar-refractivity contribution in [1.29, 1.82) is 0 Å². The van der Waals surface area contributed by atoms with Gasteiger partial charge >= 0.3 is 0 Å². The summed E-state index contributed by atoms with van der Waals surface area (Å²) in [5.74, 6) is 0.114. The fourth-order valence-electron chi connectivity index (χ4n) is 4.25. The number of amides is 1. The summed E-state index contributed by atoms with van der Waals surface area (Å²) in [6.45, 7) is 5.65. The molecule has 2 saturated heterocycles. The molecule has 2 fully saturated rings. The van der Waals surface area contributed by atoms with Crippen molar-refractivity contribution in [3.8, 4) is 0 Å². The minimum atomic E-state index is -3.69. The predicted octanol–water partition coefficient (Wildman–Crippen LogP) is 2.96. The Morgan fingerprint density at radius 1 is 1.20 bits per heavy atom. The van der Waals surface area contributed by atoms with Gasteiger partial charge in [-0.05, 0) is 44.9 Å². The molecule has 2 aliphatic rings.